The lowest BCUT2D eigenvalue weighted by atomic mass is 9.81. The first-order chi connectivity index (χ1) is 12.8. The van der Waals surface area contributed by atoms with Gasteiger partial charge in [0.25, 0.3) is 0 Å². The molecule has 0 N–H and O–H groups in total. The molecule has 5 rings (SSSR count). The minimum Gasteiger partial charge on any atom is -0.255 e. The molecule has 0 aliphatic heterocycles. The highest BCUT2D eigenvalue weighted by Gasteiger charge is 2.20. The number of fused-ring (bicyclic) bond motifs is 2. The highest BCUT2D eigenvalue weighted by atomic mass is 32.1. The second-order valence-electron chi connectivity index (χ2n) is 7.36. The summed E-state index contributed by atoms with van der Waals surface area (Å²) >= 11 is 1.75. The molecule has 0 bridgehead atoms. The molecule has 26 heavy (non-hydrogen) atoms. The summed E-state index contributed by atoms with van der Waals surface area (Å²) in [6, 6.07) is 15.6. The number of benzene rings is 2. The van der Waals surface area contributed by atoms with Crippen molar-refractivity contribution in [3.63, 3.8) is 0 Å². The largest absolute Gasteiger partial charge is 0.255 e. The first-order valence-electron chi connectivity index (χ1n) is 9.55. The predicted octanol–water partition coefficient (Wildman–Crippen LogP) is 6.87. The Balaban J connectivity index is 1.75. The number of hydrogen-bond acceptors (Lipinski definition) is 3. The van der Waals surface area contributed by atoms with E-state index in [9.17, 15) is 0 Å². The number of aryl methyl sites for hydroxylation is 1. The Hall–Kier alpha value is -2.26. The topological polar surface area (TPSA) is 25.8 Å². The summed E-state index contributed by atoms with van der Waals surface area (Å²) in [4.78, 5) is 9.41. The van der Waals surface area contributed by atoms with Gasteiger partial charge in [0.1, 0.15) is 0 Å². The molecule has 4 aromatic rings. The number of rotatable bonds is 2. The Bertz CT molecular complexity index is 1090. The van der Waals surface area contributed by atoms with E-state index in [0.717, 1.165) is 16.2 Å². The molecular formula is C23H22N2S. The predicted molar refractivity (Wildman–Crippen MR) is 111 cm³/mol. The maximum atomic E-state index is 4.75. The van der Waals surface area contributed by atoms with E-state index >= 15 is 0 Å². The maximum absolute atomic E-state index is 4.75. The molecule has 1 fully saturated rings. The van der Waals surface area contributed by atoms with Crippen molar-refractivity contribution in [3.8, 4) is 11.3 Å². The van der Waals surface area contributed by atoms with Crippen LogP contribution < -0.4 is 0 Å². The number of pyridine rings is 1. The third-order valence-electron chi connectivity index (χ3n) is 5.62. The Kier molecular flexibility index (Phi) is 3.97. The quantitative estimate of drug-likeness (QED) is 0.391. The van der Waals surface area contributed by atoms with E-state index in [4.69, 9.17) is 4.98 Å². The van der Waals surface area contributed by atoms with Crippen LogP contribution in [0.3, 0.4) is 0 Å². The van der Waals surface area contributed by atoms with Crippen LogP contribution in [0, 0.1) is 6.92 Å². The van der Waals surface area contributed by atoms with Crippen LogP contribution in [0.5, 0.6) is 0 Å². The molecule has 1 aliphatic rings. The molecule has 2 aromatic heterocycles. The molecule has 0 saturated heterocycles. The van der Waals surface area contributed by atoms with Gasteiger partial charge in [-0.3, -0.25) is 4.98 Å². The average molecular weight is 359 g/mol. The highest BCUT2D eigenvalue weighted by molar-refractivity contribution is 7.19. The Morgan fingerprint density at radius 1 is 1.00 bits per heavy atom. The van der Waals surface area contributed by atoms with Gasteiger partial charge in [-0.15, -0.1) is 11.3 Å². The molecule has 2 aromatic carbocycles. The van der Waals surface area contributed by atoms with Crippen LogP contribution in [0.1, 0.15) is 48.6 Å². The van der Waals surface area contributed by atoms with Crippen molar-refractivity contribution in [3.05, 3.63) is 59.2 Å². The zero-order chi connectivity index (χ0) is 17.5. The number of thiazole rings is 1. The van der Waals surface area contributed by atoms with E-state index in [0.29, 0.717) is 5.92 Å². The molecule has 0 unspecified atom stereocenters. The van der Waals surface area contributed by atoms with Crippen molar-refractivity contribution in [2.75, 3.05) is 0 Å². The highest BCUT2D eigenvalue weighted by Crippen LogP contribution is 2.40. The summed E-state index contributed by atoms with van der Waals surface area (Å²) in [7, 11) is 0. The fourth-order valence-electron chi connectivity index (χ4n) is 4.40. The van der Waals surface area contributed by atoms with Gasteiger partial charge in [0.05, 0.1) is 20.9 Å². The van der Waals surface area contributed by atoms with Gasteiger partial charge in [0, 0.05) is 11.8 Å². The summed E-state index contributed by atoms with van der Waals surface area (Å²) < 4.78 is 1.20. The summed E-state index contributed by atoms with van der Waals surface area (Å²) in [6.45, 7) is 2.07. The fraction of sp³-hybridized carbons (Fsp3) is 0.304. The minimum absolute atomic E-state index is 0.677. The molecule has 2 heterocycles. The van der Waals surface area contributed by atoms with Gasteiger partial charge in [-0.2, -0.15) is 0 Å². The molecule has 1 saturated carbocycles. The molecular weight excluding hydrogens is 336 g/mol. The van der Waals surface area contributed by atoms with Crippen molar-refractivity contribution >= 4 is 32.3 Å². The van der Waals surface area contributed by atoms with Crippen LogP contribution in [-0.4, -0.2) is 9.97 Å². The third kappa shape index (κ3) is 2.71. The van der Waals surface area contributed by atoms with Gasteiger partial charge >= 0.3 is 0 Å². The van der Waals surface area contributed by atoms with Crippen LogP contribution in [0.25, 0.3) is 32.2 Å². The standard InChI is InChI=1S/C23H22N2S/c1-15-25-21-11-12-24-22(23(21)26-15)18-13-17-9-5-6-10-19(17)20(14-18)16-7-3-2-4-8-16/h5-6,9-14,16H,2-4,7-8H2,1H3. The first-order valence-corrected chi connectivity index (χ1v) is 10.4. The molecule has 1 aliphatic carbocycles. The zero-order valence-corrected chi connectivity index (χ0v) is 15.9. The molecule has 2 nitrogen and oxygen atoms in total. The Labute approximate surface area is 157 Å². The van der Waals surface area contributed by atoms with E-state index in [2.05, 4.69) is 48.3 Å². The monoisotopic (exact) mass is 358 g/mol. The van der Waals surface area contributed by atoms with E-state index in [1.807, 2.05) is 12.3 Å². The Morgan fingerprint density at radius 3 is 2.73 bits per heavy atom. The van der Waals surface area contributed by atoms with Crippen LogP contribution in [0.2, 0.25) is 0 Å². The van der Waals surface area contributed by atoms with E-state index in [1.54, 1.807) is 11.3 Å². The maximum Gasteiger partial charge on any atom is 0.0908 e. The molecule has 0 amide bonds. The summed E-state index contributed by atoms with van der Waals surface area (Å²) in [5.74, 6) is 0.677. The first kappa shape index (κ1) is 16.0. The normalized spacial score (nSPS) is 15.7. The van der Waals surface area contributed by atoms with Crippen LogP contribution in [0.4, 0.5) is 0 Å². The van der Waals surface area contributed by atoms with Crippen molar-refractivity contribution in [2.45, 2.75) is 44.9 Å². The molecule has 3 heteroatoms. The molecule has 0 radical (unpaired) electrons. The number of aromatic nitrogens is 2. The Morgan fingerprint density at radius 2 is 1.85 bits per heavy atom. The second-order valence-corrected chi connectivity index (χ2v) is 8.57. The van der Waals surface area contributed by atoms with Gasteiger partial charge in [0.2, 0.25) is 0 Å². The lowest BCUT2D eigenvalue weighted by Crippen LogP contribution is -2.05. The minimum atomic E-state index is 0.677. The van der Waals surface area contributed by atoms with Crippen LogP contribution in [-0.2, 0) is 0 Å². The fourth-order valence-corrected chi connectivity index (χ4v) is 5.33. The summed E-state index contributed by atoms with van der Waals surface area (Å²) in [5.41, 5.74) is 4.89. The molecule has 0 atom stereocenters. The van der Waals surface area contributed by atoms with Crippen molar-refractivity contribution in [1.82, 2.24) is 9.97 Å². The van der Waals surface area contributed by atoms with Crippen molar-refractivity contribution < 1.29 is 0 Å². The number of hydrogen-bond donors (Lipinski definition) is 0. The van der Waals surface area contributed by atoms with Crippen molar-refractivity contribution in [1.29, 1.82) is 0 Å². The van der Waals surface area contributed by atoms with Gasteiger partial charge in [0.15, 0.2) is 0 Å². The second kappa shape index (κ2) is 6.48. The van der Waals surface area contributed by atoms with Crippen molar-refractivity contribution in [2.24, 2.45) is 0 Å². The van der Waals surface area contributed by atoms with Gasteiger partial charge in [-0.05, 0) is 60.2 Å². The SMILES string of the molecule is Cc1nc2ccnc(-c3cc(C4CCCCC4)c4ccccc4c3)c2s1. The van der Waals surface area contributed by atoms with Gasteiger partial charge in [-0.1, -0.05) is 43.5 Å². The average Bonchev–Trinajstić information content (AvgIpc) is 3.08. The lowest BCUT2D eigenvalue weighted by molar-refractivity contribution is 0.445. The summed E-state index contributed by atoms with van der Waals surface area (Å²) in [6.07, 6.45) is 8.60. The lowest BCUT2D eigenvalue weighted by Gasteiger charge is -2.24. The van der Waals surface area contributed by atoms with E-state index < -0.39 is 0 Å². The number of nitrogens with zero attached hydrogens (tertiary/aromatic N) is 2. The molecule has 130 valence electrons. The van der Waals surface area contributed by atoms with E-state index in [-0.39, 0.29) is 0 Å². The smallest absolute Gasteiger partial charge is 0.0908 e. The van der Waals surface area contributed by atoms with Gasteiger partial charge in [-0.25, -0.2) is 4.98 Å². The zero-order valence-electron chi connectivity index (χ0n) is 15.0. The van der Waals surface area contributed by atoms with E-state index in [1.165, 1.54) is 58.7 Å². The van der Waals surface area contributed by atoms with Crippen LogP contribution >= 0.6 is 11.3 Å². The molecule has 0 spiro atoms. The van der Waals surface area contributed by atoms with Gasteiger partial charge < -0.3 is 0 Å². The third-order valence-corrected chi connectivity index (χ3v) is 6.62. The van der Waals surface area contributed by atoms with Crippen LogP contribution in [0.15, 0.2) is 48.7 Å². The summed E-state index contributed by atoms with van der Waals surface area (Å²) in [5, 5.41) is 3.84.